The predicted octanol–water partition coefficient (Wildman–Crippen LogP) is 2.25. The van der Waals surface area contributed by atoms with Gasteiger partial charge in [0.05, 0.1) is 4.91 Å². The van der Waals surface area contributed by atoms with Gasteiger partial charge in [0.25, 0.3) is 11.1 Å². The van der Waals surface area contributed by atoms with Crippen LogP contribution in [0.1, 0.15) is 11.3 Å². The van der Waals surface area contributed by atoms with Crippen molar-refractivity contribution in [2.24, 2.45) is 0 Å². The molecule has 24 heavy (non-hydrogen) atoms. The number of hydrogen-bond acceptors (Lipinski definition) is 7. The lowest BCUT2D eigenvalue weighted by Crippen LogP contribution is -2.17. The second-order valence-corrected chi connectivity index (χ2v) is 5.82. The predicted molar refractivity (Wildman–Crippen MR) is 86.5 cm³/mol. The molecule has 7 nitrogen and oxygen atoms in total. The molecule has 122 valence electrons. The van der Waals surface area contributed by atoms with Crippen LogP contribution in [-0.2, 0) is 11.4 Å². The van der Waals surface area contributed by atoms with Gasteiger partial charge in [-0.1, -0.05) is 12.1 Å². The Morgan fingerprint density at radius 1 is 1.21 bits per heavy atom. The molecule has 2 heterocycles. The molecular weight excluding hydrogens is 334 g/mol. The van der Waals surface area contributed by atoms with Gasteiger partial charge in [0, 0.05) is 6.07 Å². The number of imide groups is 1. The second kappa shape index (κ2) is 6.63. The first kappa shape index (κ1) is 15.9. The van der Waals surface area contributed by atoms with Crippen molar-refractivity contribution < 1.29 is 23.8 Å². The first-order chi connectivity index (χ1) is 11.5. The van der Waals surface area contributed by atoms with Crippen LogP contribution in [0.25, 0.3) is 6.08 Å². The quantitative estimate of drug-likeness (QED) is 0.819. The maximum atomic E-state index is 11.5. The molecule has 0 spiro atoms. The van der Waals surface area contributed by atoms with Gasteiger partial charge in [0.2, 0.25) is 5.43 Å². The van der Waals surface area contributed by atoms with Crippen LogP contribution < -0.4 is 15.5 Å². The van der Waals surface area contributed by atoms with E-state index < -0.39 is 17.1 Å². The van der Waals surface area contributed by atoms with Crippen molar-refractivity contribution >= 4 is 29.0 Å². The van der Waals surface area contributed by atoms with Gasteiger partial charge in [-0.05, 0) is 35.5 Å². The number of thioether (sulfide) groups is 1. The largest absolute Gasteiger partial charge is 0.502 e. The summed E-state index contributed by atoms with van der Waals surface area (Å²) in [6.07, 6.45) is 2.57. The first-order valence-electron chi connectivity index (χ1n) is 6.80. The lowest BCUT2D eigenvalue weighted by atomic mass is 10.2. The minimum atomic E-state index is -0.538. The number of aromatic hydroxyl groups is 1. The van der Waals surface area contributed by atoms with E-state index in [0.717, 1.165) is 29.7 Å². The molecule has 1 fully saturated rings. The Morgan fingerprint density at radius 3 is 2.58 bits per heavy atom. The van der Waals surface area contributed by atoms with Gasteiger partial charge in [-0.2, -0.15) is 0 Å². The van der Waals surface area contributed by atoms with E-state index in [0.29, 0.717) is 10.7 Å². The maximum absolute atomic E-state index is 11.5. The Bertz CT molecular complexity index is 884. The van der Waals surface area contributed by atoms with E-state index >= 15 is 0 Å². The third-order valence-electron chi connectivity index (χ3n) is 3.07. The molecule has 0 aliphatic carbocycles. The van der Waals surface area contributed by atoms with Crippen LogP contribution in [0.4, 0.5) is 4.79 Å². The molecule has 0 bridgehead atoms. The summed E-state index contributed by atoms with van der Waals surface area (Å²) in [5.41, 5.74) is 0.203. The van der Waals surface area contributed by atoms with Crippen molar-refractivity contribution in [2.45, 2.75) is 6.61 Å². The third-order valence-corrected chi connectivity index (χ3v) is 3.88. The maximum Gasteiger partial charge on any atom is 0.290 e. The van der Waals surface area contributed by atoms with Crippen LogP contribution in [0.3, 0.4) is 0 Å². The molecule has 1 aromatic heterocycles. The molecule has 0 unspecified atom stereocenters. The van der Waals surface area contributed by atoms with Gasteiger partial charge in [-0.15, -0.1) is 0 Å². The Hall–Kier alpha value is -3.00. The van der Waals surface area contributed by atoms with Crippen LogP contribution in [0.15, 0.2) is 50.7 Å². The molecule has 1 aliphatic heterocycles. The van der Waals surface area contributed by atoms with Gasteiger partial charge >= 0.3 is 0 Å². The van der Waals surface area contributed by atoms with Crippen LogP contribution in [-0.4, -0.2) is 16.3 Å². The normalized spacial score (nSPS) is 15.6. The average molecular weight is 345 g/mol. The minimum Gasteiger partial charge on any atom is -0.502 e. The van der Waals surface area contributed by atoms with Gasteiger partial charge < -0.3 is 14.3 Å². The summed E-state index contributed by atoms with van der Waals surface area (Å²) in [5, 5.41) is 10.9. The molecule has 2 N–H and O–H groups in total. The van der Waals surface area contributed by atoms with Crippen LogP contribution in [0.2, 0.25) is 0 Å². The summed E-state index contributed by atoms with van der Waals surface area (Å²) in [5.74, 6) is -0.0508. The molecule has 8 heteroatoms. The number of carbonyl (C=O) groups is 2. The number of rotatable bonds is 4. The zero-order chi connectivity index (χ0) is 17.1. The Morgan fingerprint density at radius 2 is 1.96 bits per heavy atom. The van der Waals surface area contributed by atoms with Crippen molar-refractivity contribution in [3.63, 3.8) is 0 Å². The molecule has 2 amide bonds. The van der Waals surface area contributed by atoms with E-state index in [1.807, 2.05) is 0 Å². The van der Waals surface area contributed by atoms with Crippen molar-refractivity contribution in [1.82, 2.24) is 5.32 Å². The molecule has 1 aliphatic rings. The van der Waals surface area contributed by atoms with Crippen molar-refractivity contribution in [3.8, 4) is 11.5 Å². The lowest BCUT2D eigenvalue weighted by Gasteiger charge is -2.05. The highest BCUT2D eigenvalue weighted by Gasteiger charge is 2.24. The van der Waals surface area contributed by atoms with Gasteiger partial charge in [0.15, 0.2) is 5.75 Å². The van der Waals surface area contributed by atoms with Crippen LogP contribution >= 0.6 is 11.8 Å². The standard InChI is InChI=1S/C16H11NO6S/c18-12-6-11(23-8-13(12)19)7-22-10-3-1-9(2-4-10)5-14-15(20)17-16(21)24-14/h1-6,8,19H,7H2,(H,17,20,21). The van der Waals surface area contributed by atoms with E-state index in [1.165, 1.54) is 0 Å². The summed E-state index contributed by atoms with van der Waals surface area (Å²) < 4.78 is 10.5. The van der Waals surface area contributed by atoms with E-state index in [-0.39, 0.29) is 17.6 Å². The van der Waals surface area contributed by atoms with Gasteiger partial charge in [-0.25, -0.2) is 0 Å². The van der Waals surface area contributed by atoms with Crippen molar-refractivity contribution in [2.75, 3.05) is 0 Å². The summed E-state index contributed by atoms with van der Waals surface area (Å²) in [4.78, 5) is 34.2. The number of carbonyl (C=O) groups excluding carboxylic acids is 2. The summed E-state index contributed by atoms with van der Waals surface area (Å²) >= 11 is 0.851. The summed E-state index contributed by atoms with van der Waals surface area (Å²) in [6, 6.07) is 7.98. The molecule has 0 radical (unpaired) electrons. The van der Waals surface area contributed by atoms with E-state index in [4.69, 9.17) is 14.3 Å². The molecular formula is C16H11NO6S. The summed E-state index contributed by atoms with van der Waals surface area (Å²) in [7, 11) is 0. The average Bonchev–Trinajstić information content (AvgIpc) is 2.87. The summed E-state index contributed by atoms with van der Waals surface area (Å²) in [6.45, 7) is 0.0305. The monoisotopic (exact) mass is 345 g/mol. The zero-order valence-electron chi connectivity index (χ0n) is 12.1. The second-order valence-electron chi connectivity index (χ2n) is 4.81. The topological polar surface area (TPSA) is 106 Å². The molecule has 0 saturated carbocycles. The molecule has 0 atom stereocenters. The van der Waals surface area contributed by atoms with E-state index in [9.17, 15) is 14.4 Å². The van der Waals surface area contributed by atoms with Gasteiger partial charge in [0.1, 0.15) is 24.4 Å². The molecule has 2 aromatic rings. The fourth-order valence-corrected chi connectivity index (χ4v) is 2.59. The third kappa shape index (κ3) is 3.66. The zero-order valence-corrected chi connectivity index (χ0v) is 13.0. The molecule has 1 saturated heterocycles. The first-order valence-corrected chi connectivity index (χ1v) is 7.61. The number of amides is 2. The molecule has 3 rings (SSSR count). The number of hydrogen-bond donors (Lipinski definition) is 2. The number of nitrogens with one attached hydrogen (secondary N) is 1. The Balaban J connectivity index is 1.65. The van der Waals surface area contributed by atoms with E-state index in [2.05, 4.69) is 5.32 Å². The lowest BCUT2D eigenvalue weighted by molar-refractivity contribution is -0.115. The highest BCUT2D eigenvalue weighted by atomic mass is 32.2. The van der Waals surface area contributed by atoms with Gasteiger partial charge in [-0.3, -0.25) is 19.7 Å². The van der Waals surface area contributed by atoms with Crippen LogP contribution in [0.5, 0.6) is 11.5 Å². The van der Waals surface area contributed by atoms with Crippen LogP contribution in [0, 0.1) is 0 Å². The smallest absolute Gasteiger partial charge is 0.290 e. The fourth-order valence-electron chi connectivity index (χ4n) is 1.91. The molecule has 1 aromatic carbocycles. The SMILES string of the molecule is O=C1NC(=O)C(=Cc2ccc(OCc3cc(=O)c(O)co3)cc2)S1. The number of benzene rings is 1. The number of ether oxygens (including phenoxy) is 1. The van der Waals surface area contributed by atoms with Crippen molar-refractivity contribution in [1.29, 1.82) is 0 Å². The Kier molecular flexibility index (Phi) is 4.39. The minimum absolute atomic E-state index is 0.0305. The highest BCUT2D eigenvalue weighted by molar-refractivity contribution is 8.18. The fraction of sp³-hybridized carbons (Fsp3) is 0.0625. The Labute approximate surface area is 139 Å². The highest BCUT2D eigenvalue weighted by Crippen LogP contribution is 2.26. The van der Waals surface area contributed by atoms with Crippen molar-refractivity contribution in [3.05, 3.63) is 63.0 Å². The van der Waals surface area contributed by atoms with E-state index in [1.54, 1.807) is 30.3 Å².